The van der Waals surface area contributed by atoms with Crippen LogP contribution in [0, 0.1) is 0 Å². The van der Waals surface area contributed by atoms with Crippen LogP contribution in [0.5, 0.6) is 0 Å². The van der Waals surface area contributed by atoms with Gasteiger partial charge >= 0.3 is 0 Å². The molecule has 0 heterocycles. The molecular weight excluding hydrogens is 104 g/mol. The number of hydrogen-bond acceptors (Lipinski definition) is 3. The van der Waals surface area contributed by atoms with E-state index in [1.54, 1.807) is 6.26 Å². The third-order valence-electron chi connectivity index (χ3n) is 0.167. The van der Waals surface area contributed by atoms with E-state index in [-0.39, 0.29) is 4.45 Å². The van der Waals surface area contributed by atoms with Crippen molar-refractivity contribution in [3.05, 3.63) is 0 Å². The minimum Gasteiger partial charge on any atom is -0.730 e. The highest BCUT2D eigenvalue weighted by Gasteiger charge is 1.63. The molecule has 0 saturated heterocycles. The van der Waals surface area contributed by atoms with Crippen LogP contribution >= 0.6 is 11.8 Å². The zero-order valence-electron chi connectivity index (χ0n) is 2.72. The van der Waals surface area contributed by atoms with Crippen molar-refractivity contribution >= 4 is 28.8 Å². The van der Waals surface area contributed by atoms with E-state index in [1.165, 1.54) is 0 Å². The van der Waals surface area contributed by atoms with Gasteiger partial charge in [0.05, 0.1) is 4.45 Å². The van der Waals surface area contributed by atoms with E-state index in [9.17, 15) is 4.79 Å². The molecule has 0 aliphatic heterocycles. The molecule has 0 rings (SSSR count). The van der Waals surface area contributed by atoms with Gasteiger partial charge in [-0.25, -0.2) is 0 Å². The SMILES string of the molecule is CSC(=O)[S-]. The van der Waals surface area contributed by atoms with Gasteiger partial charge in [-0.3, -0.25) is 0 Å². The summed E-state index contributed by atoms with van der Waals surface area (Å²) in [5.41, 5.74) is 0. The molecular formula is C2H3OS2-. The first-order valence-corrected chi connectivity index (χ1v) is 2.65. The minimum absolute atomic E-state index is 0.245. The molecule has 0 fully saturated rings. The Bertz CT molecular complexity index is 42.9. The Kier molecular flexibility index (Phi) is 2.59. The first-order valence-electron chi connectivity index (χ1n) is 1.02. The first kappa shape index (κ1) is 5.24. The smallest absolute Gasteiger partial charge is 0.0682 e. The van der Waals surface area contributed by atoms with E-state index in [1.807, 2.05) is 0 Å². The van der Waals surface area contributed by atoms with Gasteiger partial charge in [-0.1, -0.05) is 0 Å². The lowest BCUT2D eigenvalue weighted by Gasteiger charge is -1.90. The van der Waals surface area contributed by atoms with E-state index in [0.29, 0.717) is 0 Å². The zero-order chi connectivity index (χ0) is 4.28. The molecule has 5 heavy (non-hydrogen) atoms. The molecule has 0 atom stereocenters. The third-order valence-corrected chi connectivity index (χ3v) is 1.000. The summed E-state index contributed by atoms with van der Waals surface area (Å²) in [4.78, 5) is 9.59. The van der Waals surface area contributed by atoms with Crippen LogP contribution in [0.4, 0.5) is 4.79 Å². The second kappa shape index (κ2) is 2.48. The van der Waals surface area contributed by atoms with Gasteiger partial charge in [0.2, 0.25) is 0 Å². The monoisotopic (exact) mass is 107 g/mol. The average Bonchev–Trinajstić information content (AvgIpc) is 1.38. The number of carbonyl (C=O) groups is 1. The largest absolute Gasteiger partial charge is 0.730 e. The molecule has 0 saturated carbocycles. The summed E-state index contributed by atoms with van der Waals surface area (Å²) in [5, 5.41) is 0. The van der Waals surface area contributed by atoms with Crippen molar-refractivity contribution in [2.24, 2.45) is 0 Å². The van der Waals surface area contributed by atoms with E-state index >= 15 is 0 Å². The van der Waals surface area contributed by atoms with Gasteiger partial charge in [0, 0.05) is 0 Å². The van der Waals surface area contributed by atoms with E-state index in [4.69, 9.17) is 0 Å². The van der Waals surface area contributed by atoms with Crippen LogP contribution in [-0.4, -0.2) is 10.7 Å². The van der Waals surface area contributed by atoms with Crippen LogP contribution in [0.25, 0.3) is 0 Å². The van der Waals surface area contributed by atoms with Crippen LogP contribution in [0.15, 0.2) is 0 Å². The summed E-state index contributed by atoms with van der Waals surface area (Å²) in [6.07, 6.45) is 1.66. The van der Waals surface area contributed by atoms with Crippen molar-refractivity contribution in [1.82, 2.24) is 0 Å². The van der Waals surface area contributed by atoms with E-state index in [0.717, 1.165) is 11.8 Å². The molecule has 0 N–H and O–H groups in total. The molecule has 0 bridgehead atoms. The highest BCUT2D eigenvalue weighted by molar-refractivity contribution is 8.26. The predicted octanol–water partition coefficient (Wildman–Crippen LogP) is 1.02. The van der Waals surface area contributed by atoms with Crippen LogP contribution < -0.4 is 0 Å². The van der Waals surface area contributed by atoms with Crippen molar-refractivity contribution in [2.75, 3.05) is 6.26 Å². The second-order valence-electron chi connectivity index (χ2n) is 0.454. The maximum atomic E-state index is 9.59. The third kappa shape index (κ3) is 4.24. The van der Waals surface area contributed by atoms with E-state index < -0.39 is 0 Å². The second-order valence-corrected chi connectivity index (χ2v) is 1.86. The highest BCUT2D eigenvalue weighted by Crippen LogP contribution is 1.90. The minimum atomic E-state index is -0.245. The average molecular weight is 107 g/mol. The van der Waals surface area contributed by atoms with E-state index in [2.05, 4.69) is 12.6 Å². The van der Waals surface area contributed by atoms with Crippen LogP contribution in [-0.2, 0) is 12.6 Å². The van der Waals surface area contributed by atoms with Gasteiger partial charge in [0.1, 0.15) is 0 Å². The predicted molar refractivity (Wildman–Crippen MR) is 26.3 cm³/mol. The summed E-state index contributed by atoms with van der Waals surface area (Å²) in [5.74, 6) is 0. The number of thioether (sulfide) groups is 1. The fraction of sp³-hybridized carbons (Fsp3) is 0.500. The number of carbonyl (C=O) groups excluding carboxylic acids is 1. The van der Waals surface area contributed by atoms with Crippen molar-refractivity contribution in [3.63, 3.8) is 0 Å². The fourth-order valence-corrected chi connectivity index (χ4v) is 0. The molecule has 0 aromatic carbocycles. The maximum Gasteiger partial charge on any atom is 0.0682 e. The molecule has 3 heteroatoms. The van der Waals surface area contributed by atoms with Gasteiger partial charge in [0.25, 0.3) is 0 Å². The quantitative estimate of drug-likeness (QED) is 0.430. The van der Waals surface area contributed by atoms with Crippen molar-refractivity contribution < 1.29 is 4.79 Å². The van der Waals surface area contributed by atoms with Crippen LogP contribution in [0.2, 0.25) is 0 Å². The Morgan fingerprint density at radius 1 is 2.00 bits per heavy atom. The van der Waals surface area contributed by atoms with Crippen molar-refractivity contribution in [3.8, 4) is 0 Å². The Hall–Kier alpha value is 0.240. The van der Waals surface area contributed by atoms with Gasteiger partial charge in [0.15, 0.2) is 0 Å². The standard InChI is InChI=1S/C2H4OS2/c1-5-2(3)4/h1H3,(H,3,4)/p-1. The lowest BCUT2D eigenvalue weighted by Crippen LogP contribution is -1.69. The van der Waals surface area contributed by atoms with Crippen molar-refractivity contribution in [2.45, 2.75) is 0 Å². The highest BCUT2D eigenvalue weighted by atomic mass is 32.2. The zero-order valence-corrected chi connectivity index (χ0v) is 4.36. The molecule has 0 aliphatic carbocycles. The molecule has 30 valence electrons. The first-order chi connectivity index (χ1) is 2.27. The summed E-state index contributed by atoms with van der Waals surface area (Å²) < 4.78 is -0.245. The Morgan fingerprint density at radius 2 is 2.20 bits per heavy atom. The van der Waals surface area contributed by atoms with Gasteiger partial charge in [-0.15, -0.1) is 11.8 Å². The normalized spacial score (nSPS) is 7.40. The van der Waals surface area contributed by atoms with Gasteiger partial charge < -0.3 is 17.4 Å². The van der Waals surface area contributed by atoms with Gasteiger partial charge in [-0.05, 0) is 6.26 Å². The molecule has 0 spiro atoms. The number of rotatable bonds is 0. The molecule has 0 amide bonds. The Balaban J connectivity index is 2.85. The summed E-state index contributed by atoms with van der Waals surface area (Å²) >= 11 is 5.16. The van der Waals surface area contributed by atoms with Crippen LogP contribution in [0.1, 0.15) is 0 Å². The molecule has 0 aromatic rings. The molecule has 1 nitrogen and oxygen atoms in total. The molecule has 0 unspecified atom stereocenters. The maximum absolute atomic E-state index is 9.59. The Labute approximate surface area is 40.5 Å². The summed E-state index contributed by atoms with van der Waals surface area (Å²) in [6.45, 7) is 0. The fourth-order valence-electron chi connectivity index (χ4n) is 0. The molecule has 0 aliphatic rings. The van der Waals surface area contributed by atoms with Crippen LogP contribution in [0.3, 0.4) is 0 Å². The topological polar surface area (TPSA) is 17.1 Å². The summed E-state index contributed by atoms with van der Waals surface area (Å²) in [7, 11) is 0. The molecule has 0 radical (unpaired) electrons. The lowest BCUT2D eigenvalue weighted by atomic mass is 11.8. The Morgan fingerprint density at radius 3 is 2.20 bits per heavy atom. The molecule has 0 aromatic heterocycles. The van der Waals surface area contributed by atoms with Crippen molar-refractivity contribution in [1.29, 1.82) is 0 Å². The summed E-state index contributed by atoms with van der Waals surface area (Å²) in [6, 6.07) is 0. The van der Waals surface area contributed by atoms with Gasteiger partial charge in [-0.2, -0.15) is 0 Å². The number of hydrogen-bond donors (Lipinski definition) is 0. The lowest BCUT2D eigenvalue weighted by molar-refractivity contribution is 0.277.